The van der Waals surface area contributed by atoms with Crippen LogP contribution in [0.3, 0.4) is 0 Å². The van der Waals surface area contributed by atoms with Crippen molar-refractivity contribution in [1.82, 2.24) is 15.1 Å². The molecule has 0 spiro atoms. The Bertz CT molecular complexity index is 443. The second-order valence-corrected chi connectivity index (χ2v) is 4.02. The van der Waals surface area contributed by atoms with Crippen LogP contribution >= 0.6 is 0 Å². The summed E-state index contributed by atoms with van der Waals surface area (Å²) in [5, 5.41) is 15.5. The molecule has 1 aliphatic carbocycles. The Labute approximate surface area is 94.1 Å². The minimum atomic E-state index is -0.204. The Hall–Kier alpha value is -1.83. The van der Waals surface area contributed by atoms with Crippen LogP contribution in [0.5, 0.6) is 0 Å². The van der Waals surface area contributed by atoms with Gasteiger partial charge in [0.05, 0.1) is 18.3 Å². The molecule has 84 valence electrons. The van der Waals surface area contributed by atoms with Gasteiger partial charge in [-0.2, -0.15) is 10.4 Å². The number of aryl methyl sites for hydroxylation is 1. The van der Waals surface area contributed by atoms with Crippen molar-refractivity contribution < 1.29 is 4.79 Å². The van der Waals surface area contributed by atoms with Crippen LogP contribution in [-0.4, -0.2) is 15.7 Å². The Balaban J connectivity index is 2.14. The highest BCUT2D eigenvalue weighted by molar-refractivity contribution is 5.78. The number of nitrogens with zero attached hydrogens (tertiary/aromatic N) is 3. The summed E-state index contributed by atoms with van der Waals surface area (Å²) >= 11 is 0. The molecule has 1 N–H and O–H groups in total. The van der Waals surface area contributed by atoms with E-state index in [4.69, 9.17) is 5.26 Å². The number of nitrogens with one attached hydrogen (secondary N) is 1. The number of aromatic nitrogens is 2. The van der Waals surface area contributed by atoms with Crippen LogP contribution in [0.15, 0.2) is 6.20 Å². The lowest BCUT2D eigenvalue weighted by Gasteiger charge is -2.23. The van der Waals surface area contributed by atoms with Crippen LogP contribution in [0, 0.1) is 11.3 Å². The highest BCUT2D eigenvalue weighted by atomic mass is 16.1. The topological polar surface area (TPSA) is 70.7 Å². The number of fused-ring (bicyclic) bond motifs is 1. The van der Waals surface area contributed by atoms with Gasteiger partial charge in [-0.3, -0.25) is 9.48 Å². The van der Waals surface area contributed by atoms with Crippen LogP contribution in [0.4, 0.5) is 0 Å². The fourth-order valence-electron chi connectivity index (χ4n) is 2.17. The highest BCUT2D eigenvalue weighted by Crippen LogP contribution is 2.28. The number of hydrogen-bond donors (Lipinski definition) is 1. The summed E-state index contributed by atoms with van der Waals surface area (Å²) in [4.78, 5) is 11.4. The van der Waals surface area contributed by atoms with E-state index >= 15 is 0 Å². The highest BCUT2D eigenvalue weighted by Gasteiger charge is 2.24. The van der Waals surface area contributed by atoms with Gasteiger partial charge in [0.1, 0.15) is 6.42 Å². The summed E-state index contributed by atoms with van der Waals surface area (Å²) in [5.41, 5.74) is 2.29. The number of hydrogen-bond acceptors (Lipinski definition) is 3. The van der Waals surface area contributed by atoms with Gasteiger partial charge < -0.3 is 5.32 Å². The zero-order valence-corrected chi connectivity index (χ0v) is 9.23. The van der Waals surface area contributed by atoms with Gasteiger partial charge in [0, 0.05) is 18.3 Å². The first kappa shape index (κ1) is 10.7. The van der Waals surface area contributed by atoms with Crippen molar-refractivity contribution in [1.29, 1.82) is 5.26 Å². The predicted octanol–water partition coefficient (Wildman–Crippen LogP) is 0.827. The summed E-state index contributed by atoms with van der Waals surface area (Å²) in [5.74, 6) is -0.204. The second kappa shape index (κ2) is 4.35. The average molecular weight is 218 g/mol. The third-order valence-electron chi connectivity index (χ3n) is 2.95. The zero-order valence-electron chi connectivity index (χ0n) is 9.23. The SMILES string of the molecule is Cn1ncc2c1CCCC2NC(=O)CC#N. The van der Waals surface area contributed by atoms with Crippen molar-refractivity contribution in [2.45, 2.75) is 31.7 Å². The number of amides is 1. The minimum absolute atomic E-state index is 0.0262. The quantitative estimate of drug-likeness (QED) is 0.799. The van der Waals surface area contributed by atoms with Gasteiger partial charge in [-0.25, -0.2) is 0 Å². The van der Waals surface area contributed by atoms with Gasteiger partial charge in [-0.05, 0) is 19.3 Å². The monoisotopic (exact) mass is 218 g/mol. The van der Waals surface area contributed by atoms with Crippen molar-refractivity contribution in [2.75, 3.05) is 0 Å². The molecule has 0 aliphatic heterocycles. The average Bonchev–Trinajstić information content (AvgIpc) is 2.62. The molecule has 0 aromatic carbocycles. The first-order valence-corrected chi connectivity index (χ1v) is 5.39. The minimum Gasteiger partial charge on any atom is -0.348 e. The molecule has 0 saturated heterocycles. The lowest BCUT2D eigenvalue weighted by atomic mass is 9.93. The van der Waals surface area contributed by atoms with E-state index in [1.54, 1.807) is 0 Å². The molecule has 1 aromatic rings. The van der Waals surface area contributed by atoms with Crippen LogP contribution < -0.4 is 5.32 Å². The number of nitriles is 1. The number of carbonyl (C=O) groups is 1. The van der Waals surface area contributed by atoms with E-state index in [-0.39, 0.29) is 18.4 Å². The molecule has 0 radical (unpaired) electrons. The molecule has 5 heteroatoms. The van der Waals surface area contributed by atoms with Crippen molar-refractivity contribution in [3.63, 3.8) is 0 Å². The maximum Gasteiger partial charge on any atom is 0.234 e. The van der Waals surface area contributed by atoms with Crippen molar-refractivity contribution in [3.05, 3.63) is 17.5 Å². The Kier molecular flexibility index (Phi) is 2.91. The first-order chi connectivity index (χ1) is 7.72. The molecule has 0 bridgehead atoms. The third-order valence-corrected chi connectivity index (χ3v) is 2.95. The third kappa shape index (κ3) is 1.91. The van der Waals surface area contributed by atoms with Crippen molar-refractivity contribution in [3.8, 4) is 6.07 Å². The fraction of sp³-hybridized carbons (Fsp3) is 0.545. The van der Waals surface area contributed by atoms with Crippen LogP contribution in [-0.2, 0) is 18.3 Å². The van der Waals surface area contributed by atoms with Gasteiger partial charge in [0.25, 0.3) is 0 Å². The van der Waals surface area contributed by atoms with Crippen molar-refractivity contribution in [2.24, 2.45) is 7.05 Å². The predicted molar refractivity (Wildman–Crippen MR) is 57.3 cm³/mol. The van der Waals surface area contributed by atoms with E-state index in [9.17, 15) is 4.79 Å². The maximum absolute atomic E-state index is 11.4. The van der Waals surface area contributed by atoms with Crippen LogP contribution in [0.25, 0.3) is 0 Å². The van der Waals surface area contributed by atoms with E-state index in [2.05, 4.69) is 10.4 Å². The normalized spacial score (nSPS) is 18.6. The van der Waals surface area contributed by atoms with E-state index < -0.39 is 0 Å². The number of carbonyl (C=O) groups excluding carboxylic acids is 1. The molecule has 0 saturated carbocycles. The fourth-order valence-corrected chi connectivity index (χ4v) is 2.17. The zero-order chi connectivity index (χ0) is 11.5. The van der Waals surface area contributed by atoms with Gasteiger partial charge in [0.15, 0.2) is 0 Å². The largest absolute Gasteiger partial charge is 0.348 e. The molecule has 1 aromatic heterocycles. The molecular weight excluding hydrogens is 204 g/mol. The van der Waals surface area contributed by atoms with Gasteiger partial charge in [-0.1, -0.05) is 0 Å². The lowest BCUT2D eigenvalue weighted by molar-refractivity contribution is -0.120. The Morgan fingerprint density at radius 1 is 1.81 bits per heavy atom. The first-order valence-electron chi connectivity index (χ1n) is 5.39. The Morgan fingerprint density at radius 3 is 3.38 bits per heavy atom. The summed E-state index contributed by atoms with van der Waals surface area (Å²) in [7, 11) is 1.91. The van der Waals surface area contributed by atoms with E-state index in [0.29, 0.717) is 0 Å². The molecular formula is C11H14N4O. The smallest absolute Gasteiger partial charge is 0.234 e. The van der Waals surface area contributed by atoms with E-state index in [1.807, 2.05) is 24.0 Å². The van der Waals surface area contributed by atoms with E-state index in [0.717, 1.165) is 24.8 Å². The summed E-state index contributed by atoms with van der Waals surface area (Å²) in [6, 6.07) is 1.88. The standard InChI is InChI=1S/C11H14N4O/c1-15-10-4-2-3-9(8(10)7-13-15)14-11(16)5-6-12/h7,9H,2-5H2,1H3,(H,14,16). The Morgan fingerprint density at radius 2 is 2.62 bits per heavy atom. The molecule has 0 fully saturated rings. The molecule has 1 heterocycles. The molecule has 2 rings (SSSR count). The van der Waals surface area contributed by atoms with Gasteiger partial charge >= 0.3 is 0 Å². The molecule has 5 nitrogen and oxygen atoms in total. The van der Waals surface area contributed by atoms with Gasteiger partial charge in [-0.15, -0.1) is 0 Å². The van der Waals surface area contributed by atoms with Crippen molar-refractivity contribution >= 4 is 5.91 Å². The van der Waals surface area contributed by atoms with Gasteiger partial charge in [0.2, 0.25) is 5.91 Å². The molecule has 1 aliphatic rings. The maximum atomic E-state index is 11.4. The summed E-state index contributed by atoms with van der Waals surface area (Å²) in [6.45, 7) is 0. The van der Waals surface area contributed by atoms with E-state index in [1.165, 1.54) is 5.69 Å². The summed E-state index contributed by atoms with van der Waals surface area (Å²) < 4.78 is 1.86. The van der Waals surface area contributed by atoms with Crippen LogP contribution in [0.1, 0.15) is 36.6 Å². The second-order valence-electron chi connectivity index (χ2n) is 4.02. The number of rotatable bonds is 2. The lowest BCUT2D eigenvalue weighted by Crippen LogP contribution is -2.30. The molecule has 1 amide bonds. The molecule has 1 atom stereocenters. The molecule has 16 heavy (non-hydrogen) atoms. The summed E-state index contributed by atoms with van der Waals surface area (Å²) in [6.07, 6.45) is 4.72. The van der Waals surface area contributed by atoms with Crippen LogP contribution in [0.2, 0.25) is 0 Å². The molecule has 1 unspecified atom stereocenters.